The van der Waals surface area contributed by atoms with Crippen molar-refractivity contribution in [3.05, 3.63) is 0 Å². The summed E-state index contributed by atoms with van der Waals surface area (Å²) in [6.07, 6.45) is 0. The summed E-state index contributed by atoms with van der Waals surface area (Å²) in [6, 6.07) is 0. The Morgan fingerprint density at radius 1 is 0.600 bits per heavy atom. The molecule has 5 heteroatoms. The minimum absolute atomic E-state index is 0. The molecule has 0 saturated heterocycles. The predicted octanol–water partition coefficient (Wildman–Crippen LogP) is -1.90. The first-order chi connectivity index (χ1) is 0. The van der Waals surface area contributed by atoms with Crippen molar-refractivity contribution >= 4 is 86.1 Å². The summed E-state index contributed by atoms with van der Waals surface area (Å²) in [5.41, 5.74) is 0. The van der Waals surface area contributed by atoms with Crippen LogP contribution in [0.15, 0.2) is 0 Å². The number of hydrogen-bond donors (Lipinski definition) is 0. The van der Waals surface area contributed by atoms with Crippen LogP contribution in [0.5, 0.6) is 0 Å². The first-order valence-electron chi connectivity index (χ1n) is 0. The molecule has 0 aromatic heterocycles. The van der Waals surface area contributed by atoms with E-state index in [4.69, 9.17) is 0 Å². The molecule has 5 heavy (non-hydrogen) atoms. The van der Waals surface area contributed by atoms with Crippen molar-refractivity contribution in [1.82, 2.24) is 0 Å². The van der Waals surface area contributed by atoms with Crippen LogP contribution in [0.1, 0.15) is 0 Å². The second-order valence-electron chi connectivity index (χ2n) is 0. The SMILES string of the molecule is O.S.S.[NaH].[NaH]. The van der Waals surface area contributed by atoms with Crippen LogP contribution < -0.4 is 0 Å². The molecule has 28 valence electrons. The van der Waals surface area contributed by atoms with Crippen LogP contribution >= 0.6 is 27.0 Å². The maximum atomic E-state index is 0. The molecule has 0 aliphatic heterocycles. The molecule has 0 aromatic rings. The average Bonchev–Trinajstić information content (AvgIpc) is 0. The molecule has 0 fully saturated rings. The molecule has 0 unspecified atom stereocenters. The summed E-state index contributed by atoms with van der Waals surface area (Å²) in [5, 5.41) is 0. The van der Waals surface area contributed by atoms with E-state index in [1.54, 1.807) is 0 Å². The van der Waals surface area contributed by atoms with Gasteiger partial charge < -0.3 is 5.48 Å². The Balaban J connectivity index is 0. The van der Waals surface area contributed by atoms with Crippen LogP contribution in [0.3, 0.4) is 0 Å². The van der Waals surface area contributed by atoms with Crippen molar-refractivity contribution < 1.29 is 5.48 Å². The number of rotatable bonds is 0. The maximum absolute atomic E-state index is 0. The van der Waals surface area contributed by atoms with Gasteiger partial charge in [-0.2, -0.15) is 27.0 Å². The molecule has 0 amide bonds. The van der Waals surface area contributed by atoms with Crippen LogP contribution in [0.2, 0.25) is 0 Å². The van der Waals surface area contributed by atoms with Gasteiger partial charge in [-0.3, -0.25) is 0 Å². The van der Waals surface area contributed by atoms with E-state index in [1.165, 1.54) is 0 Å². The fourth-order valence-corrected chi connectivity index (χ4v) is 0. The molecule has 2 N–H and O–H groups in total. The summed E-state index contributed by atoms with van der Waals surface area (Å²) in [4.78, 5) is 0. The van der Waals surface area contributed by atoms with Crippen molar-refractivity contribution in [2.24, 2.45) is 0 Å². The van der Waals surface area contributed by atoms with E-state index >= 15 is 0 Å². The van der Waals surface area contributed by atoms with Gasteiger partial charge in [-0.25, -0.2) is 0 Å². The Labute approximate surface area is 90.1 Å². The Hall–Kier alpha value is 2.66. The molecule has 1 nitrogen and oxygen atoms in total. The molecule has 0 atom stereocenters. The summed E-state index contributed by atoms with van der Waals surface area (Å²) in [7, 11) is 0. The van der Waals surface area contributed by atoms with Crippen molar-refractivity contribution in [1.29, 1.82) is 0 Å². The van der Waals surface area contributed by atoms with Gasteiger partial charge in [0.15, 0.2) is 0 Å². The quantitative estimate of drug-likeness (QED) is 0.347. The van der Waals surface area contributed by atoms with Gasteiger partial charge in [0.25, 0.3) is 0 Å². The minimum atomic E-state index is 0. The third-order valence-corrected chi connectivity index (χ3v) is 0. The Kier molecular flexibility index (Phi) is 290. The molecule has 0 heterocycles. The van der Waals surface area contributed by atoms with E-state index in [1.807, 2.05) is 0 Å². The van der Waals surface area contributed by atoms with E-state index in [0.717, 1.165) is 0 Å². The molecular formula is H8Na2OS2. The van der Waals surface area contributed by atoms with Crippen LogP contribution in [-0.4, -0.2) is 64.6 Å². The molecule has 0 bridgehead atoms. The van der Waals surface area contributed by atoms with Gasteiger partial charge in [-0.05, 0) is 0 Å². The van der Waals surface area contributed by atoms with E-state index in [-0.39, 0.29) is 91.6 Å². The summed E-state index contributed by atoms with van der Waals surface area (Å²) in [5.74, 6) is 0. The van der Waals surface area contributed by atoms with Gasteiger partial charge in [-0.15, -0.1) is 0 Å². The molecule has 0 spiro atoms. The Morgan fingerprint density at radius 2 is 0.600 bits per heavy atom. The van der Waals surface area contributed by atoms with E-state index < -0.39 is 0 Å². The van der Waals surface area contributed by atoms with Crippen molar-refractivity contribution in [2.45, 2.75) is 0 Å². The standard InChI is InChI=1S/2Na.H2O.2H2S.2H/h;;3*1H2;;. The fraction of sp³-hybridized carbons (Fsp3) is 0. The molecule has 0 aliphatic carbocycles. The summed E-state index contributed by atoms with van der Waals surface area (Å²) in [6.45, 7) is 0. The topological polar surface area (TPSA) is 31.5 Å². The number of hydrogen-bond acceptors (Lipinski definition) is 0. The van der Waals surface area contributed by atoms with Gasteiger partial charge in [0.05, 0.1) is 0 Å². The van der Waals surface area contributed by atoms with Crippen LogP contribution in [-0.2, 0) is 0 Å². The van der Waals surface area contributed by atoms with Crippen LogP contribution in [0.4, 0.5) is 0 Å². The van der Waals surface area contributed by atoms with Gasteiger partial charge >= 0.3 is 59.1 Å². The third-order valence-electron chi connectivity index (χ3n) is 0. The normalized spacial score (nSPS) is 0. The zero-order valence-electron chi connectivity index (χ0n) is 1.50. The molecule has 0 aromatic carbocycles. The first kappa shape index (κ1) is 48.0. The van der Waals surface area contributed by atoms with Gasteiger partial charge in [-0.1, -0.05) is 0 Å². The molecule has 0 rings (SSSR count). The van der Waals surface area contributed by atoms with E-state index in [9.17, 15) is 0 Å². The zero-order valence-corrected chi connectivity index (χ0v) is 3.50. The Bertz CT molecular complexity index is 7.61. The first-order valence-corrected chi connectivity index (χ1v) is 0. The fourth-order valence-electron chi connectivity index (χ4n) is 0. The molecule has 0 aliphatic rings. The average molecular weight is 134 g/mol. The second kappa shape index (κ2) is 30.2. The van der Waals surface area contributed by atoms with E-state index in [0.29, 0.717) is 0 Å². The summed E-state index contributed by atoms with van der Waals surface area (Å²) >= 11 is 0. The Morgan fingerprint density at radius 3 is 0.600 bits per heavy atom. The van der Waals surface area contributed by atoms with E-state index in [2.05, 4.69) is 0 Å². The van der Waals surface area contributed by atoms with Crippen molar-refractivity contribution in [2.75, 3.05) is 0 Å². The monoisotopic (exact) mass is 134 g/mol. The third kappa shape index (κ3) is 20.4. The zero-order chi connectivity index (χ0) is 0. The summed E-state index contributed by atoms with van der Waals surface area (Å²) < 4.78 is 0. The van der Waals surface area contributed by atoms with Crippen LogP contribution in [0, 0.1) is 0 Å². The molecule has 0 radical (unpaired) electrons. The van der Waals surface area contributed by atoms with Crippen molar-refractivity contribution in [3.8, 4) is 0 Å². The molecule has 0 saturated carbocycles. The predicted molar refractivity (Wildman–Crippen MR) is 38.7 cm³/mol. The van der Waals surface area contributed by atoms with Crippen molar-refractivity contribution in [3.63, 3.8) is 0 Å². The second-order valence-corrected chi connectivity index (χ2v) is 0. The van der Waals surface area contributed by atoms with Gasteiger partial charge in [0, 0.05) is 0 Å². The van der Waals surface area contributed by atoms with Gasteiger partial charge in [0.2, 0.25) is 0 Å². The van der Waals surface area contributed by atoms with Gasteiger partial charge in [0.1, 0.15) is 0 Å². The van der Waals surface area contributed by atoms with Crippen LogP contribution in [0.25, 0.3) is 0 Å². The molecular weight excluding hydrogens is 126 g/mol.